The van der Waals surface area contributed by atoms with Gasteiger partial charge < -0.3 is 10.6 Å². The minimum atomic E-state index is -0.206. The molecule has 4 nitrogen and oxygen atoms in total. The van der Waals surface area contributed by atoms with Crippen molar-refractivity contribution in [2.24, 2.45) is 0 Å². The lowest BCUT2D eigenvalue weighted by molar-refractivity contribution is -0.115. The third-order valence-corrected chi connectivity index (χ3v) is 2.10. The lowest BCUT2D eigenvalue weighted by Crippen LogP contribution is -2.28. The Hall–Kier alpha value is -1.84. The molecule has 2 amide bonds. The molecule has 0 saturated heterocycles. The Balaban J connectivity index is 2.52. The third kappa shape index (κ3) is 1.46. The zero-order chi connectivity index (χ0) is 10.1. The lowest BCUT2D eigenvalue weighted by atomic mass is 10.1. The molecule has 0 bridgehead atoms. The van der Waals surface area contributed by atoms with E-state index < -0.39 is 0 Å². The molecule has 0 radical (unpaired) electrons. The van der Waals surface area contributed by atoms with E-state index in [1.807, 2.05) is 13.0 Å². The van der Waals surface area contributed by atoms with Crippen LogP contribution in [0.1, 0.15) is 15.9 Å². The Kier molecular flexibility index (Phi) is 1.96. The number of fused-ring (bicyclic) bond motifs is 1. The van der Waals surface area contributed by atoms with Gasteiger partial charge in [0.05, 0.1) is 17.8 Å². The molecule has 0 aromatic heterocycles. The van der Waals surface area contributed by atoms with Gasteiger partial charge in [-0.2, -0.15) is 0 Å². The third-order valence-electron chi connectivity index (χ3n) is 2.10. The Morgan fingerprint density at radius 3 is 2.86 bits per heavy atom. The molecule has 0 unspecified atom stereocenters. The largest absolute Gasteiger partial charge is 0.343 e. The van der Waals surface area contributed by atoms with E-state index in [1.54, 1.807) is 12.1 Å². The molecular formula is C10H10N2O2. The molecule has 1 aromatic carbocycles. The molecular weight excluding hydrogens is 180 g/mol. The van der Waals surface area contributed by atoms with E-state index in [-0.39, 0.29) is 18.4 Å². The highest BCUT2D eigenvalue weighted by Gasteiger charge is 2.18. The molecule has 0 aliphatic carbocycles. The van der Waals surface area contributed by atoms with Gasteiger partial charge in [-0.1, -0.05) is 11.6 Å². The molecule has 0 saturated carbocycles. The van der Waals surface area contributed by atoms with Crippen molar-refractivity contribution in [2.75, 3.05) is 11.9 Å². The van der Waals surface area contributed by atoms with Crippen LogP contribution in [-0.2, 0) is 4.79 Å². The normalized spacial score (nSPS) is 15.2. The van der Waals surface area contributed by atoms with Crippen LogP contribution in [0, 0.1) is 6.92 Å². The number of hydrogen-bond donors (Lipinski definition) is 2. The van der Waals surface area contributed by atoms with Crippen LogP contribution >= 0.6 is 0 Å². The second-order valence-electron chi connectivity index (χ2n) is 3.28. The fraction of sp³-hybridized carbons (Fsp3) is 0.200. The Morgan fingerprint density at radius 1 is 1.29 bits per heavy atom. The number of amides is 2. The summed E-state index contributed by atoms with van der Waals surface area (Å²) in [6, 6.07) is 5.36. The van der Waals surface area contributed by atoms with E-state index >= 15 is 0 Å². The highest BCUT2D eigenvalue weighted by molar-refractivity contribution is 6.08. The van der Waals surface area contributed by atoms with Crippen LogP contribution in [0.15, 0.2) is 18.2 Å². The number of hydrogen-bond acceptors (Lipinski definition) is 2. The first-order valence-electron chi connectivity index (χ1n) is 4.35. The number of nitrogens with one attached hydrogen (secondary N) is 2. The predicted molar refractivity (Wildman–Crippen MR) is 52.1 cm³/mol. The first-order valence-corrected chi connectivity index (χ1v) is 4.35. The molecule has 1 aliphatic heterocycles. The van der Waals surface area contributed by atoms with Gasteiger partial charge in [0.15, 0.2) is 0 Å². The van der Waals surface area contributed by atoms with Gasteiger partial charge >= 0.3 is 0 Å². The molecule has 0 spiro atoms. The lowest BCUT2D eigenvalue weighted by Gasteiger charge is -2.04. The van der Waals surface area contributed by atoms with Crippen LogP contribution in [0.4, 0.5) is 5.69 Å². The van der Waals surface area contributed by atoms with Crippen molar-refractivity contribution in [3.8, 4) is 0 Å². The Labute approximate surface area is 81.3 Å². The van der Waals surface area contributed by atoms with Crippen molar-refractivity contribution in [3.05, 3.63) is 29.3 Å². The van der Waals surface area contributed by atoms with Crippen LogP contribution < -0.4 is 10.6 Å². The molecule has 14 heavy (non-hydrogen) atoms. The van der Waals surface area contributed by atoms with Crippen LogP contribution in [-0.4, -0.2) is 18.4 Å². The molecule has 72 valence electrons. The quantitative estimate of drug-likeness (QED) is 0.632. The summed E-state index contributed by atoms with van der Waals surface area (Å²) < 4.78 is 0. The van der Waals surface area contributed by atoms with Crippen molar-refractivity contribution < 1.29 is 9.59 Å². The van der Waals surface area contributed by atoms with Crippen molar-refractivity contribution in [1.82, 2.24) is 5.32 Å². The summed E-state index contributed by atoms with van der Waals surface area (Å²) in [6.45, 7) is 1.94. The average molecular weight is 190 g/mol. The van der Waals surface area contributed by atoms with E-state index in [2.05, 4.69) is 10.6 Å². The molecule has 2 N–H and O–H groups in total. The maximum atomic E-state index is 11.5. The molecule has 0 fully saturated rings. The fourth-order valence-corrected chi connectivity index (χ4v) is 1.41. The van der Waals surface area contributed by atoms with E-state index in [4.69, 9.17) is 0 Å². The average Bonchev–Trinajstić information content (AvgIpc) is 2.29. The zero-order valence-electron chi connectivity index (χ0n) is 7.76. The van der Waals surface area contributed by atoms with E-state index in [0.29, 0.717) is 11.3 Å². The van der Waals surface area contributed by atoms with Gasteiger partial charge in [-0.05, 0) is 19.1 Å². The minimum Gasteiger partial charge on any atom is -0.343 e. The summed E-state index contributed by atoms with van der Waals surface area (Å²) in [5, 5.41) is 5.18. The standard InChI is InChI=1S/C10H10N2O2/c1-6-2-3-8-7(4-6)10(14)11-5-9(13)12-8/h2-4H,5H2,1H3,(H,11,14)(H,12,13). The van der Waals surface area contributed by atoms with Crippen molar-refractivity contribution in [2.45, 2.75) is 6.92 Å². The van der Waals surface area contributed by atoms with Crippen LogP contribution in [0.25, 0.3) is 0 Å². The second kappa shape index (κ2) is 3.14. The number of carbonyl (C=O) groups is 2. The highest BCUT2D eigenvalue weighted by Crippen LogP contribution is 2.18. The molecule has 1 heterocycles. The number of anilines is 1. The molecule has 1 aromatic rings. The second-order valence-corrected chi connectivity index (χ2v) is 3.28. The molecule has 4 heteroatoms. The van der Waals surface area contributed by atoms with Crippen molar-refractivity contribution >= 4 is 17.5 Å². The molecule has 2 rings (SSSR count). The van der Waals surface area contributed by atoms with Gasteiger partial charge in [0.1, 0.15) is 0 Å². The summed E-state index contributed by atoms with van der Waals surface area (Å²) >= 11 is 0. The maximum Gasteiger partial charge on any atom is 0.253 e. The number of rotatable bonds is 0. The fourth-order valence-electron chi connectivity index (χ4n) is 1.41. The van der Waals surface area contributed by atoms with Crippen molar-refractivity contribution in [3.63, 3.8) is 0 Å². The van der Waals surface area contributed by atoms with E-state index in [9.17, 15) is 9.59 Å². The number of aryl methyl sites for hydroxylation is 1. The van der Waals surface area contributed by atoms with Gasteiger partial charge in [-0.3, -0.25) is 9.59 Å². The first kappa shape index (κ1) is 8.74. The smallest absolute Gasteiger partial charge is 0.253 e. The van der Waals surface area contributed by atoms with Gasteiger partial charge in [-0.15, -0.1) is 0 Å². The Bertz CT molecular complexity index is 413. The number of carbonyl (C=O) groups excluding carboxylic acids is 2. The summed E-state index contributed by atoms with van der Waals surface area (Å²) in [6.07, 6.45) is 0. The van der Waals surface area contributed by atoms with E-state index in [1.165, 1.54) is 0 Å². The van der Waals surface area contributed by atoms with Crippen molar-refractivity contribution in [1.29, 1.82) is 0 Å². The van der Waals surface area contributed by atoms with Crippen LogP contribution in [0.5, 0.6) is 0 Å². The summed E-state index contributed by atoms with van der Waals surface area (Å²) in [7, 11) is 0. The number of benzene rings is 1. The summed E-state index contributed by atoms with van der Waals surface area (Å²) in [5.74, 6) is -0.400. The van der Waals surface area contributed by atoms with Crippen LogP contribution in [0.2, 0.25) is 0 Å². The first-order chi connectivity index (χ1) is 6.66. The van der Waals surface area contributed by atoms with E-state index in [0.717, 1.165) is 5.56 Å². The van der Waals surface area contributed by atoms with Gasteiger partial charge in [0, 0.05) is 0 Å². The van der Waals surface area contributed by atoms with Gasteiger partial charge in [-0.25, -0.2) is 0 Å². The predicted octanol–water partition coefficient (Wildman–Crippen LogP) is 0.677. The monoisotopic (exact) mass is 190 g/mol. The molecule has 1 aliphatic rings. The Morgan fingerprint density at radius 2 is 2.07 bits per heavy atom. The minimum absolute atomic E-state index is 0.0343. The zero-order valence-corrected chi connectivity index (χ0v) is 7.76. The summed E-state index contributed by atoms with van der Waals surface area (Å²) in [4.78, 5) is 22.7. The SMILES string of the molecule is Cc1ccc2c(c1)C(=O)NCC(=O)N2. The van der Waals surface area contributed by atoms with Gasteiger partial charge in [0.2, 0.25) is 5.91 Å². The topological polar surface area (TPSA) is 58.2 Å². The van der Waals surface area contributed by atoms with Gasteiger partial charge in [0.25, 0.3) is 5.91 Å². The molecule has 0 atom stereocenters. The highest BCUT2D eigenvalue weighted by atomic mass is 16.2. The summed E-state index contributed by atoms with van der Waals surface area (Å²) in [5.41, 5.74) is 2.10. The maximum absolute atomic E-state index is 11.5. The van der Waals surface area contributed by atoms with Crippen LogP contribution in [0.3, 0.4) is 0 Å².